The van der Waals surface area contributed by atoms with Gasteiger partial charge in [-0.3, -0.25) is 0 Å². The summed E-state index contributed by atoms with van der Waals surface area (Å²) in [4.78, 5) is 0. The zero-order valence-electron chi connectivity index (χ0n) is 15.2. The van der Waals surface area contributed by atoms with Crippen molar-refractivity contribution >= 4 is 18.2 Å². The van der Waals surface area contributed by atoms with Crippen molar-refractivity contribution in [1.82, 2.24) is 0 Å². The molecular formula is C26H26. The molecule has 3 aromatic rings. The Morgan fingerprint density at radius 3 is 0.962 bits per heavy atom. The van der Waals surface area contributed by atoms with Crippen LogP contribution in [-0.4, -0.2) is 0 Å². The molecule has 0 heteroatoms. The first kappa shape index (κ1) is 20.7. The van der Waals surface area contributed by atoms with Gasteiger partial charge >= 0.3 is 0 Å². The van der Waals surface area contributed by atoms with Crippen LogP contribution in [0.2, 0.25) is 0 Å². The first-order chi connectivity index (χ1) is 12.8. The van der Waals surface area contributed by atoms with E-state index in [1.165, 1.54) is 16.7 Å². The van der Waals surface area contributed by atoms with Crippen LogP contribution in [0.3, 0.4) is 0 Å². The summed E-state index contributed by atoms with van der Waals surface area (Å²) >= 11 is 0. The van der Waals surface area contributed by atoms with Crippen LogP contribution in [0.5, 0.6) is 0 Å². The largest absolute Gasteiger partial charge is 0.0991 e. The van der Waals surface area contributed by atoms with Crippen LogP contribution >= 0.6 is 0 Å². The maximum absolute atomic E-state index is 3.63. The minimum absolute atomic E-state index is 1.17. The summed E-state index contributed by atoms with van der Waals surface area (Å²) in [7, 11) is 0. The van der Waals surface area contributed by atoms with Crippen LogP contribution in [-0.2, 0) is 0 Å². The molecule has 3 aromatic carbocycles. The summed E-state index contributed by atoms with van der Waals surface area (Å²) in [5.74, 6) is 0. The Labute approximate surface area is 158 Å². The van der Waals surface area contributed by atoms with Crippen molar-refractivity contribution in [3.05, 3.63) is 140 Å². The third-order valence-electron chi connectivity index (χ3n) is 3.27. The second-order valence-corrected chi connectivity index (χ2v) is 5.24. The molecule has 0 N–H and O–H groups in total. The molecule has 26 heavy (non-hydrogen) atoms. The van der Waals surface area contributed by atoms with E-state index in [4.69, 9.17) is 0 Å². The summed E-state index contributed by atoms with van der Waals surface area (Å²) in [6.07, 6.45) is 9.35. The molecule has 0 atom stereocenters. The highest BCUT2D eigenvalue weighted by atomic mass is 13.9. The fourth-order valence-corrected chi connectivity index (χ4v) is 1.91. The zero-order chi connectivity index (χ0) is 18.9. The lowest BCUT2D eigenvalue weighted by molar-refractivity contribution is 1.65. The molecular weight excluding hydrogens is 312 g/mol. The molecule has 0 aromatic heterocycles. The summed E-state index contributed by atoms with van der Waals surface area (Å²) in [6.45, 7) is 10.4. The second kappa shape index (κ2) is 14.0. The fraction of sp³-hybridized carbons (Fsp3) is 0. The standard InChI is InChI=1S/C14H12.C8H8.C4H6/c1-3-7-13(8-4-1)11-12-14-9-5-2-6-10-14;1-2-8-6-4-3-5-7-8;1-3-4-2/h1-12H;2-7H,1H2;3-4H,1-2H2. The molecule has 0 saturated carbocycles. The van der Waals surface area contributed by atoms with E-state index in [2.05, 4.69) is 56.2 Å². The molecule has 3 rings (SSSR count). The molecule has 0 unspecified atom stereocenters. The van der Waals surface area contributed by atoms with E-state index < -0.39 is 0 Å². The molecule has 0 aliphatic carbocycles. The van der Waals surface area contributed by atoms with Crippen molar-refractivity contribution < 1.29 is 0 Å². The average molecular weight is 338 g/mol. The minimum atomic E-state index is 1.17. The number of hydrogen-bond acceptors (Lipinski definition) is 0. The van der Waals surface area contributed by atoms with Crippen LogP contribution in [0.15, 0.2) is 123 Å². The Bertz CT molecular complexity index is 719. The third kappa shape index (κ3) is 9.69. The van der Waals surface area contributed by atoms with Crippen LogP contribution in [0.4, 0.5) is 0 Å². The highest BCUT2D eigenvalue weighted by Gasteiger charge is 1.84. The molecule has 0 aliphatic heterocycles. The Morgan fingerprint density at radius 2 is 0.731 bits per heavy atom. The van der Waals surface area contributed by atoms with E-state index in [-0.39, 0.29) is 0 Å². The molecule has 0 aliphatic rings. The molecule has 0 radical (unpaired) electrons. The molecule has 0 amide bonds. The predicted molar refractivity (Wildman–Crippen MR) is 119 cm³/mol. The molecule has 0 heterocycles. The first-order valence-corrected chi connectivity index (χ1v) is 8.49. The summed E-state index contributed by atoms with van der Waals surface area (Å²) in [5.41, 5.74) is 3.64. The molecule has 130 valence electrons. The molecule has 0 nitrogen and oxygen atoms in total. The average Bonchev–Trinajstić information content (AvgIpc) is 2.75. The summed E-state index contributed by atoms with van der Waals surface area (Å²) in [6, 6.07) is 30.7. The molecule has 0 fully saturated rings. The predicted octanol–water partition coefficient (Wildman–Crippen LogP) is 7.55. The van der Waals surface area contributed by atoms with Crippen molar-refractivity contribution in [2.45, 2.75) is 0 Å². The molecule has 0 spiro atoms. The molecule has 0 bridgehead atoms. The topological polar surface area (TPSA) is 0 Å². The quantitative estimate of drug-likeness (QED) is 0.340. The van der Waals surface area contributed by atoms with Gasteiger partial charge in [0, 0.05) is 0 Å². The van der Waals surface area contributed by atoms with Gasteiger partial charge in [-0.2, -0.15) is 0 Å². The van der Waals surface area contributed by atoms with E-state index >= 15 is 0 Å². The van der Waals surface area contributed by atoms with Gasteiger partial charge in [0.1, 0.15) is 0 Å². The second-order valence-electron chi connectivity index (χ2n) is 5.24. The van der Waals surface area contributed by atoms with Gasteiger partial charge in [0.05, 0.1) is 0 Å². The third-order valence-corrected chi connectivity index (χ3v) is 3.27. The van der Waals surface area contributed by atoms with E-state index in [1.54, 1.807) is 12.2 Å². The normalized spacial score (nSPS) is 9.08. The van der Waals surface area contributed by atoms with Crippen molar-refractivity contribution in [3.63, 3.8) is 0 Å². The van der Waals surface area contributed by atoms with E-state index in [0.29, 0.717) is 0 Å². The SMILES string of the molecule is C(=Cc1ccccc1)c1ccccc1.C=CC=C.C=Cc1ccccc1. The van der Waals surface area contributed by atoms with E-state index in [9.17, 15) is 0 Å². The molecule has 0 saturated heterocycles. The van der Waals surface area contributed by atoms with Crippen molar-refractivity contribution in [3.8, 4) is 0 Å². The Balaban J connectivity index is 0.000000238. The lowest BCUT2D eigenvalue weighted by Crippen LogP contribution is -1.70. The fourth-order valence-electron chi connectivity index (χ4n) is 1.91. The van der Waals surface area contributed by atoms with Gasteiger partial charge in [-0.15, -0.1) is 0 Å². The highest BCUT2D eigenvalue weighted by molar-refractivity contribution is 5.69. The number of allylic oxidation sites excluding steroid dienone is 2. The van der Waals surface area contributed by atoms with E-state index in [1.807, 2.05) is 72.8 Å². The maximum Gasteiger partial charge on any atom is -0.0256 e. The van der Waals surface area contributed by atoms with Crippen LogP contribution in [0.25, 0.3) is 18.2 Å². The summed E-state index contributed by atoms with van der Waals surface area (Å²) in [5, 5.41) is 0. The van der Waals surface area contributed by atoms with Crippen molar-refractivity contribution in [2.75, 3.05) is 0 Å². The van der Waals surface area contributed by atoms with Gasteiger partial charge in [-0.25, -0.2) is 0 Å². The highest BCUT2D eigenvalue weighted by Crippen LogP contribution is 2.07. The number of hydrogen-bond donors (Lipinski definition) is 0. The van der Waals surface area contributed by atoms with Gasteiger partial charge in [0.2, 0.25) is 0 Å². The zero-order valence-corrected chi connectivity index (χ0v) is 15.2. The van der Waals surface area contributed by atoms with Crippen molar-refractivity contribution in [2.24, 2.45) is 0 Å². The minimum Gasteiger partial charge on any atom is -0.0991 e. The first-order valence-electron chi connectivity index (χ1n) is 8.49. The Hall–Kier alpha value is -3.38. The van der Waals surface area contributed by atoms with Gasteiger partial charge in [0.25, 0.3) is 0 Å². The number of benzene rings is 3. The summed E-state index contributed by atoms with van der Waals surface area (Å²) < 4.78 is 0. The Kier molecular flexibility index (Phi) is 11.1. The monoisotopic (exact) mass is 338 g/mol. The van der Waals surface area contributed by atoms with Crippen LogP contribution in [0, 0.1) is 0 Å². The van der Waals surface area contributed by atoms with Crippen molar-refractivity contribution in [1.29, 1.82) is 0 Å². The van der Waals surface area contributed by atoms with Gasteiger partial charge in [-0.05, 0) is 16.7 Å². The lowest BCUT2D eigenvalue weighted by Gasteiger charge is -1.92. The lowest BCUT2D eigenvalue weighted by atomic mass is 10.1. The Morgan fingerprint density at radius 1 is 0.423 bits per heavy atom. The van der Waals surface area contributed by atoms with E-state index in [0.717, 1.165) is 0 Å². The van der Waals surface area contributed by atoms with Crippen LogP contribution < -0.4 is 0 Å². The van der Waals surface area contributed by atoms with Crippen LogP contribution in [0.1, 0.15) is 16.7 Å². The smallest absolute Gasteiger partial charge is 0.0256 e. The maximum atomic E-state index is 3.63. The number of rotatable bonds is 4. The van der Waals surface area contributed by atoms with Gasteiger partial charge in [-0.1, -0.05) is 141 Å². The van der Waals surface area contributed by atoms with Gasteiger partial charge < -0.3 is 0 Å². The van der Waals surface area contributed by atoms with Gasteiger partial charge in [0.15, 0.2) is 0 Å².